The van der Waals surface area contributed by atoms with Crippen LogP contribution in [0.1, 0.15) is 42.1 Å². The van der Waals surface area contributed by atoms with Crippen molar-refractivity contribution in [3.8, 4) is 0 Å². The Labute approximate surface area is 186 Å². The topological polar surface area (TPSA) is 41.4 Å². The number of benzene rings is 1. The minimum absolute atomic E-state index is 0.00749. The number of aromatic nitrogens is 2. The Morgan fingerprint density at radius 3 is 2.44 bits per heavy atom. The molecule has 0 N–H and O–H groups in total. The van der Waals surface area contributed by atoms with E-state index in [9.17, 15) is 26.7 Å². The van der Waals surface area contributed by atoms with Crippen molar-refractivity contribution in [2.45, 2.75) is 44.4 Å². The van der Waals surface area contributed by atoms with Crippen molar-refractivity contribution in [3.05, 3.63) is 51.8 Å². The molecule has 1 aromatic carbocycles. The Balaban J connectivity index is 1.33. The number of aryl methyl sites for hydroxylation is 1. The fourth-order valence-electron chi connectivity index (χ4n) is 3.98. The molecule has 0 bridgehead atoms. The van der Waals surface area contributed by atoms with Gasteiger partial charge in [-0.05, 0) is 18.9 Å². The molecule has 11 heteroatoms. The first-order chi connectivity index (χ1) is 15.1. The van der Waals surface area contributed by atoms with Gasteiger partial charge in [-0.3, -0.25) is 14.4 Å². The number of halogens is 6. The van der Waals surface area contributed by atoms with E-state index >= 15 is 0 Å². The van der Waals surface area contributed by atoms with Gasteiger partial charge in [0.25, 0.3) is 0 Å². The van der Waals surface area contributed by atoms with Gasteiger partial charge in [0.2, 0.25) is 5.91 Å². The molecule has 1 saturated heterocycles. The average molecular weight is 477 g/mol. The van der Waals surface area contributed by atoms with E-state index in [1.165, 1.54) is 16.8 Å². The van der Waals surface area contributed by atoms with E-state index in [1.54, 1.807) is 4.90 Å². The van der Waals surface area contributed by atoms with E-state index in [4.69, 9.17) is 11.6 Å². The molecular formula is C21H22ClF5N4O. The Kier molecular flexibility index (Phi) is 6.44. The molecule has 0 unspecified atom stereocenters. The van der Waals surface area contributed by atoms with E-state index in [0.29, 0.717) is 31.9 Å². The number of alkyl halides is 3. The van der Waals surface area contributed by atoms with E-state index in [1.807, 2.05) is 4.90 Å². The van der Waals surface area contributed by atoms with Crippen LogP contribution < -0.4 is 0 Å². The molecule has 1 amide bonds. The number of piperazine rings is 1. The lowest BCUT2D eigenvalue weighted by molar-refractivity contribution is -0.141. The molecule has 5 nitrogen and oxygen atoms in total. The lowest BCUT2D eigenvalue weighted by Crippen LogP contribution is -2.48. The Morgan fingerprint density at radius 1 is 1.12 bits per heavy atom. The molecule has 0 atom stereocenters. The van der Waals surface area contributed by atoms with Gasteiger partial charge in [-0.1, -0.05) is 23.7 Å². The molecule has 1 aliphatic carbocycles. The van der Waals surface area contributed by atoms with Crippen molar-refractivity contribution >= 4 is 17.5 Å². The number of rotatable bonds is 6. The number of carbonyl (C=O) groups is 1. The van der Waals surface area contributed by atoms with Gasteiger partial charge in [-0.2, -0.15) is 18.3 Å². The first-order valence-corrected chi connectivity index (χ1v) is 10.8. The minimum Gasteiger partial charge on any atom is -0.340 e. The van der Waals surface area contributed by atoms with Gasteiger partial charge in [0, 0.05) is 50.6 Å². The normalized spacial score (nSPS) is 17.8. The number of amides is 1. The van der Waals surface area contributed by atoms with Crippen molar-refractivity contribution in [1.29, 1.82) is 0 Å². The van der Waals surface area contributed by atoms with Crippen molar-refractivity contribution in [2.75, 3.05) is 26.2 Å². The first-order valence-electron chi connectivity index (χ1n) is 10.4. The molecule has 1 aliphatic heterocycles. The molecule has 2 aliphatic rings. The van der Waals surface area contributed by atoms with Crippen LogP contribution >= 0.6 is 11.6 Å². The molecule has 2 fully saturated rings. The van der Waals surface area contributed by atoms with Crippen LogP contribution in [0.4, 0.5) is 22.0 Å². The van der Waals surface area contributed by atoms with E-state index in [2.05, 4.69) is 5.10 Å². The van der Waals surface area contributed by atoms with Gasteiger partial charge in [0.1, 0.15) is 0 Å². The quantitative estimate of drug-likeness (QED) is 0.579. The predicted octanol–water partition coefficient (Wildman–Crippen LogP) is 4.45. The lowest BCUT2D eigenvalue weighted by Gasteiger charge is -2.35. The molecule has 174 valence electrons. The molecule has 32 heavy (non-hydrogen) atoms. The molecule has 0 radical (unpaired) electrons. The fourth-order valence-corrected chi connectivity index (χ4v) is 4.37. The van der Waals surface area contributed by atoms with Crippen LogP contribution in [0.2, 0.25) is 5.02 Å². The maximum atomic E-state index is 13.9. The zero-order valence-electron chi connectivity index (χ0n) is 17.1. The maximum Gasteiger partial charge on any atom is 0.436 e. The van der Waals surface area contributed by atoms with Crippen LogP contribution in [0.15, 0.2) is 18.2 Å². The molecule has 0 spiro atoms. The Morgan fingerprint density at radius 2 is 1.81 bits per heavy atom. The van der Waals surface area contributed by atoms with E-state index < -0.39 is 23.5 Å². The van der Waals surface area contributed by atoms with Crippen LogP contribution in [-0.2, 0) is 24.1 Å². The number of carbonyl (C=O) groups excluding carboxylic acids is 1. The van der Waals surface area contributed by atoms with Gasteiger partial charge in [0.05, 0.1) is 17.3 Å². The van der Waals surface area contributed by atoms with Gasteiger partial charge >= 0.3 is 6.18 Å². The summed E-state index contributed by atoms with van der Waals surface area (Å²) in [6.45, 7) is 2.04. The van der Waals surface area contributed by atoms with Crippen molar-refractivity contribution < 1.29 is 26.7 Å². The summed E-state index contributed by atoms with van der Waals surface area (Å²) in [6.07, 6.45) is -3.13. The van der Waals surface area contributed by atoms with Gasteiger partial charge in [-0.25, -0.2) is 8.78 Å². The smallest absolute Gasteiger partial charge is 0.340 e. The second-order valence-corrected chi connectivity index (χ2v) is 8.54. The summed E-state index contributed by atoms with van der Waals surface area (Å²) in [5.74, 6) is -2.00. The van der Waals surface area contributed by atoms with Crippen LogP contribution in [0.5, 0.6) is 0 Å². The average Bonchev–Trinajstić information content (AvgIpc) is 3.52. The van der Waals surface area contributed by atoms with E-state index in [0.717, 1.165) is 18.9 Å². The zero-order valence-corrected chi connectivity index (χ0v) is 17.9. The zero-order chi connectivity index (χ0) is 23.0. The summed E-state index contributed by atoms with van der Waals surface area (Å²) in [6, 6.07) is 4.04. The number of nitrogens with zero attached hydrogens (tertiary/aromatic N) is 4. The number of hydrogen-bond donors (Lipinski definition) is 0. The van der Waals surface area contributed by atoms with Crippen LogP contribution in [0.25, 0.3) is 0 Å². The summed E-state index contributed by atoms with van der Waals surface area (Å²) in [4.78, 5) is 16.2. The third-order valence-corrected chi connectivity index (χ3v) is 6.22. The van der Waals surface area contributed by atoms with Crippen LogP contribution in [-0.4, -0.2) is 51.7 Å². The molecule has 1 saturated carbocycles. The highest BCUT2D eigenvalue weighted by Crippen LogP contribution is 2.46. The monoisotopic (exact) mass is 476 g/mol. The SMILES string of the molecule is O=C(CCn1nc(C(F)(F)F)c(Cl)c1C1CC1)N1CCN(Cc2cccc(F)c2F)CC1. The van der Waals surface area contributed by atoms with Crippen molar-refractivity contribution in [3.63, 3.8) is 0 Å². The van der Waals surface area contributed by atoms with Crippen molar-refractivity contribution in [1.82, 2.24) is 19.6 Å². The summed E-state index contributed by atoms with van der Waals surface area (Å²) in [7, 11) is 0. The molecular weight excluding hydrogens is 455 g/mol. The highest BCUT2D eigenvalue weighted by atomic mass is 35.5. The molecule has 2 aromatic rings. The van der Waals surface area contributed by atoms with Gasteiger partial charge in [-0.15, -0.1) is 0 Å². The Bertz CT molecular complexity index is 997. The third-order valence-electron chi connectivity index (χ3n) is 5.85. The summed E-state index contributed by atoms with van der Waals surface area (Å²) in [5, 5.41) is 3.28. The second-order valence-electron chi connectivity index (χ2n) is 8.16. The highest BCUT2D eigenvalue weighted by molar-refractivity contribution is 6.32. The molecule has 2 heterocycles. The highest BCUT2D eigenvalue weighted by Gasteiger charge is 2.42. The van der Waals surface area contributed by atoms with Crippen LogP contribution in [0, 0.1) is 11.6 Å². The number of hydrogen-bond acceptors (Lipinski definition) is 3. The fraction of sp³-hybridized carbons (Fsp3) is 0.524. The molecule has 4 rings (SSSR count). The van der Waals surface area contributed by atoms with Gasteiger partial charge < -0.3 is 4.90 Å². The minimum atomic E-state index is -4.65. The first kappa shape index (κ1) is 23.0. The van der Waals surface area contributed by atoms with Crippen molar-refractivity contribution in [2.24, 2.45) is 0 Å². The summed E-state index contributed by atoms with van der Waals surface area (Å²) >= 11 is 5.96. The predicted molar refractivity (Wildman–Crippen MR) is 107 cm³/mol. The standard InChI is InChI=1S/C21H22ClF5N4O/c22-17-19(13-4-5-13)31(28-20(17)21(25,26)27)7-6-16(32)30-10-8-29(9-11-30)12-14-2-1-3-15(23)18(14)24/h1-3,13H,4-12H2. The largest absolute Gasteiger partial charge is 0.436 e. The van der Waals surface area contributed by atoms with Crippen LogP contribution in [0.3, 0.4) is 0 Å². The Hall–Kier alpha value is -2.20. The third kappa shape index (κ3) is 4.91. The lowest BCUT2D eigenvalue weighted by atomic mass is 10.1. The summed E-state index contributed by atoms with van der Waals surface area (Å²) < 4.78 is 68.0. The summed E-state index contributed by atoms with van der Waals surface area (Å²) in [5.41, 5.74) is -0.492. The maximum absolute atomic E-state index is 13.9. The van der Waals surface area contributed by atoms with E-state index in [-0.39, 0.29) is 41.9 Å². The second kappa shape index (κ2) is 8.97. The van der Waals surface area contributed by atoms with Gasteiger partial charge in [0.15, 0.2) is 17.3 Å². The molecule has 1 aromatic heterocycles.